The maximum Gasteiger partial charge on any atom is 0.296 e. The molecule has 2 amide bonds. The Balaban J connectivity index is 2.18. The van der Waals surface area contributed by atoms with Crippen molar-refractivity contribution in [2.24, 2.45) is 5.92 Å². The van der Waals surface area contributed by atoms with Crippen LogP contribution in [0.4, 0.5) is 0 Å². The number of rotatable bonds is 2. The number of aromatic nitrogens is 1. The summed E-state index contributed by atoms with van der Waals surface area (Å²) < 4.78 is 1.69. The zero-order valence-corrected chi connectivity index (χ0v) is 12.8. The molecule has 3 atom stereocenters. The molecule has 114 valence electrons. The summed E-state index contributed by atoms with van der Waals surface area (Å²) in [6.07, 6.45) is 3.47. The molecule has 3 rings (SSSR count). The molecular formula is C17H13ClN3O2+. The van der Waals surface area contributed by atoms with Gasteiger partial charge in [0, 0.05) is 17.2 Å². The number of nitriles is 1. The van der Waals surface area contributed by atoms with Crippen LogP contribution in [0.15, 0.2) is 54.9 Å². The molecule has 2 aromatic rings. The van der Waals surface area contributed by atoms with Gasteiger partial charge in [0.1, 0.15) is 5.92 Å². The number of benzene rings is 1. The van der Waals surface area contributed by atoms with E-state index in [1.165, 1.54) is 0 Å². The van der Waals surface area contributed by atoms with Gasteiger partial charge in [-0.05, 0) is 11.6 Å². The smallest absolute Gasteiger partial charge is 0.289 e. The van der Waals surface area contributed by atoms with E-state index in [2.05, 4.69) is 5.32 Å². The van der Waals surface area contributed by atoms with Gasteiger partial charge in [-0.2, -0.15) is 9.83 Å². The molecule has 6 heteroatoms. The molecule has 0 bridgehead atoms. The van der Waals surface area contributed by atoms with E-state index in [1.807, 2.05) is 12.1 Å². The third-order valence-corrected chi connectivity index (χ3v) is 4.30. The molecule has 1 N–H and O–H groups in total. The number of hydrogen-bond acceptors (Lipinski definition) is 3. The predicted octanol–water partition coefficient (Wildman–Crippen LogP) is 1.75. The van der Waals surface area contributed by atoms with Crippen LogP contribution in [-0.4, -0.2) is 11.8 Å². The minimum absolute atomic E-state index is 0.432. The summed E-state index contributed by atoms with van der Waals surface area (Å²) in [5.41, 5.74) is 0.616. The number of piperidine rings is 1. The molecule has 3 unspecified atom stereocenters. The van der Waals surface area contributed by atoms with Gasteiger partial charge >= 0.3 is 0 Å². The first-order valence-electron chi connectivity index (χ1n) is 7.08. The minimum Gasteiger partial charge on any atom is -0.289 e. The molecule has 0 spiro atoms. The van der Waals surface area contributed by atoms with E-state index in [4.69, 9.17) is 11.6 Å². The van der Waals surface area contributed by atoms with E-state index in [0.717, 1.165) is 0 Å². The standard InChI is InChI=1S/C17H12ClN3O2/c18-13-7-3-2-6-11(13)14-12(10-19)16(22)20-17(23)15(14)21-8-4-1-5-9-21/h1-9,12,14-15H/p+1. The molecule has 1 fully saturated rings. The quantitative estimate of drug-likeness (QED) is 0.675. The molecule has 2 heterocycles. The number of carbonyl (C=O) groups excluding carboxylic acids is 2. The number of halogens is 1. The Labute approximate surface area is 138 Å². The van der Waals surface area contributed by atoms with Crippen LogP contribution in [0.1, 0.15) is 17.5 Å². The summed E-state index contributed by atoms with van der Waals surface area (Å²) >= 11 is 6.27. The Hall–Kier alpha value is -2.71. The van der Waals surface area contributed by atoms with Gasteiger partial charge in [-0.1, -0.05) is 35.9 Å². The molecule has 1 aromatic heterocycles. The lowest BCUT2D eigenvalue weighted by Gasteiger charge is -2.30. The van der Waals surface area contributed by atoms with Crippen LogP contribution in [0.25, 0.3) is 0 Å². The Morgan fingerprint density at radius 1 is 1.04 bits per heavy atom. The van der Waals surface area contributed by atoms with E-state index in [1.54, 1.807) is 53.4 Å². The summed E-state index contributed by atoms with van der Waals surface area (Å²) in [5.74, 6) is -2.68. The topological polar surface area (TPSA) is 73.8 Å². The van der Waals surface area contributed by atoms with E-state index < -0.39 is 29.7 Å². The zero-order chi connectivity index (χ0) is 16.4. The van der Waals surface area contributed by atoms with E-state index in [0.29, 0.717) is 10.6 Å². The van der Waals surface area contributed by atoms with Crippen molar-refractivity contribution in [2.45, 2.75) is 12.0 Å². The Bertz CT molecular complexity index is 801. The first-order valence-corrected chi connectivity index (χ1v) is 7.46. The lowest BCUT2D eigenvalue weighted by molar-refractivity contribution is -0.713. The summed E-state index contributed by atoms with van der Waals surface area (Å²) in [6, 6.07) is 13.7. The fraction of sp³-hybridized carbons (Fsp3) is 0.176. The number of hydrogen-bond donors (Lipinski definition) is 1. The van der Waals surface area contributed by atoms with Crippen LogP contribution in [0.2, 0.25) is 5.02 Å². The first kappa shape index (κ1) is 15.2. The van der Waals surface area contributed by atoms with Crippen molar-refractivity contribution in [3.63, 3.8) is 0 Å². The Kier molecular flexibility index (Phi) is 4.09. The number of pyridine rings is 1. The zero-order valence-electron chi connectivity index (χ0n) is 12.0. The highest BCUT2D eigenvalue weighted by atomic mass is 35.5. The van der Waals surface area contributed by atoms with E-state index in [9.17, 15) is 14.9 Å². The Morgan fingerprint density at radius 3 is 2.39 bits per heavy atom. The molecular weight excluding hydrogens is 314 g/mol. The highest BCUT2D eigenvalue weighted by Crippen LogP contribution is 2.39. The van der Waals surface area contributed by atoms with Gasteiger partial charge in [0.2, 0.25) is 11.9 Å². The average Bonchev–Trinajstić information content (AvgIpc) is 2.55. The van der Waals surface area contributed by atoms with Crippen molar-refractivity contribution in [1.29, 1.82) is 5.26 Å². The molecule has 23 heavy (non-hydrogen) atoms. The van der Waals surface area contributed by atoms with Crippen molar-refractivity contribution < 1.29 is 14.2 Å². The van der Waals surface area contributed by atoms with Crippen LogP contribution in [0, 0.1) is 17.2 Å². The van der Waals surface area contributed by atoms with E-state index >= 15 is 0 Å². The summed E-state index contributed by atoms with van der Waals surface area (Å²) in [5, 5.41) is 12.2. The Morgan fingerprint density at radius 2 is 1.74 bits per heavy atom. The maximum absolute atomic E-state index is 12.5. The van der Waals surface area contributed by atoms with Gasteiger partial charge < -0.3 is 0 Å². The summed E-state index contributed by atoms with van der Waals surface area (Å²) in [4.78, 5) is 24.6. The van der Waals surface area contributed by atoms with E-state index in [-0.39, 0.29) is 0 Å². The van der Waals surface area contributed by atoms with Crippen molar-refractivity contribution in [3.8, 4) is 6.07 Å². The van der Waals surface area contributed by atoms with Crippen molar-refractivity contribution in [1.82, 2.24) is 5.32 Å². The fourth-order valence-electron chi connectivity index (χ4n) is 2.93. The fourth-order valence-corrected chi connectivity index (χ4v) is 3.20. The number of amides is 2. The van der Waals surface area contributed by atoms with Crippen LogP contribution in [-0.2, 0) is 9.59 Å². The lowest BCUT2D eigenvalue weighted by atomic mass is 9.77. The maximum atomic E-state index is 12.5. The molecule has 5 nitrogen and oxygen atoms in total. The molecule has 0 radical (unpaired) electrons. The second-order valence-corrected chi connectivity index (χ2v) is 5.68. The molecule has 1 aromatic carbocycles. The monoisotopic (exact) mass is 326 g/mol. The van der Waals surface area contributed by atoms with Crippen LogP contribution in [0.3, 0.4) is 0 Å². The van der Waals surface area contributed by atoms with Crippen molar-refractivity contribution in [3.05, 3.63) is 65.4 Å². The van der Waals surface area contributed by atoms with Crippen molar-refractivity contribution in [2.75, 3.05) is 0 Å². The van der Waals surface area contributed by atoms with Crippen molar-refractivity contribution >= 4 is 23.4 Å². The second-order valence-electron chi connectivity index (χ2n) is 5.28. The SMILES string of the molecule is N#CC1C(=O)NC(=O)C([n+]2ccccc2)C1c1ccccc1Cl. The third-order valence-electron chi connectivity index (χ3n) is 3.96. The average molecular weight is 327 g/mol. The summed E-state index contributed by atoms with van der Waals surface area (Å²) in [7, 11) is 0. The number of nitrogens with one attached hydrogen (secondary N) is 1. The van der Waals surface area contributed by atoms with Gasteiger partial charge in [0.05, 0.1) is 12.0 Å². The second kappa shape index (κ2) is 6.19. The summed E-state index contributed by atoms with van der Waals surface area (Å²) in [6.45, 7) is 0. The molecule has 0 saturated carbocycles. The lowest BCUT2D eigenvalue weighted by Crippen LogP contribution is -2.59. The molecule has 1 saturated heterocycles. The minimum atomic E-state index is -0.995. The number of nitrogens with zero attached hydrogens (tertiary/aromatic N) is 2. The van der Waals surface area contributed by atoms with Gasteiger partial charge in [0.25, 0.3) is 5.91 Å². The number of imide groups is 1. The van der Waals surface area contributed by atoms with Gasteiger partial charge in [-0.3, -0.25) is 14.9 Å². The molecule has 1 aliphatic rings. The first-order chi connectivity index (χ1) is 11.1. The normalized spacial score (nSPS) is 23.9. The third kappa shape index (κ3) is 2.69. The highest BCUT2D eigenvalue weighted by Gasteiger charge is 2.50. The highest BCUT2D eigenvalue weighted by molar-refractivity contribution is 6.31. The van der Waals surface area contributed by atoms with Gasteiger partial charge in [0.15, 0.2) is 12.4 Å². The van der Waals surface area contributed by atoms with Crippen LogP contribution < -0.4 is 9.88 Å². The molecule has 0 aliphatic carbocycles. The van der Waals surface area contributed by atoms with Gasteiger partial charge in [-0.25, -0.2) is 0 Å². The van der Waals surface area contributed by atoms with Gasteiger partial charge in [-0.15, -0.1) is 0 Å². The van der Waals surface area contributed by atoms with Crippen LogP contribution in [0.5, 0.6) is 0 Å². The largest absolute Gasteiger partial charge is 0.296 e. The predicted molar refractivity (Wildman–Crippen MR) is 82.1 cm³/mol. The van der Waals surface area contributed by atoms with Crippen LogP contribution >= 0.6 is 11.6 Å². The number of carbonyl (C=O) groups is 2. The molecule has 1 aliphatic heterocycles.